The second-order valence-electron chi connectivity index (χ2n) is 4.05. The summed E-state index contributed by atoms with van der Waals surface area (Å²) in [4.78, 5) is 0. The smallest absolute Gasteiger partial charge is 1.00 e. The van der Waals surface area contributed by atoms with E-state index in [-0.39, 0.29) is 93.4 Å². The van der Waals surface area contributed by atoms with Crippen molar-refractivity contribution in [2.45, 2.75) is 0 Å². The molecule has 0 aliphatic heterocycles. The van der Waals surface area contributed by atoms with Crippen LogP contribution >= 0.6 is 15.5 Å². The first-order valence-electron chi connectivity index (χ1n) is 6.56. The third-order valence-corrected chi connectivity index (χ3v) is 2.94. The first-order chi connectivity index (χ1) is 10.7. The van der Waals surface area contributed by atoms with Crippen molar-refractivity contribution < 1.29 is 90.2 Å². The van der Waals surface area contributed by atoms with Crippen LogP contribution in [0.3, 0.4) is 0 Å². The quantitative estimate of drug-likeness (QED) is 0.121. The van der Waals surface area contributed by atoms with E-state index in [9.17, 15) is 25.9 Å². The van der Waals surface area contributed by atoms with Gasteiger partial charge in [0.25, 0.3) is 0 Å². The van der Waals surface area contributed by atoms with Crippen LogP contribution in [0.15, 0.2) is 0 Å². The summed E-state index contributed by atoms with van der Waals surface area (Å²) in [6.45, 7) is 0.899. The van der Waals surface area contributed by atoms with E-state index in [1.54, 1.807) is 0 Å². The summed E-state index contributed by atoms with van der Waals surface area (Å²) in [6, 6.07) is 0. The monoisotopic (exact) mass is 406 g/mol. The van der Waals surface area contributed by atoms with Gasteiger partial charge in [-0.3, -0.25) is 0 Å². The molecule has 0 saturated heterocycles. The van der Waals surface area contributed by atoms with Gasteiger partial charge >= 0.3 is 53.2 Å². The second-order valence-corrected chi connectivity index (χ2v) is 6.85. The second kappa shape index (κ2) is 18.5. The molecule has 15 heteroatoms. The van der Waals surface area contributed by atoms with Gasteiger partial charge in [-0.2, -0.15) is 16.8 Å². The Morgan fingerprint density at radius 3 is 0.920 bits per heavy atom. The van der Waals surface area contributed by atoms with Crippen molar-refractivity contribution in [2.24, 2.45) is 0 Å². The standard InChI is InChI=1S/C10H20F4O7P2.2Li.2H/c11-22(12,15)9-20-7-5-18-3-1-17-2-4-19-6-8-21-10-23(13,14)16;;;;/h1-10H2;;;;/q;2*+1;2*-1. The number of hydrogen-bond donors (Lipinski definition) is 0. The van der Waals surface area contributed by atoms with Crippen LogP contribution < -0.4 is 37.7 Å². The van der Waals surface area contributed by atoms with Gasteiger partial charge in [-0.15, -0.1) is 0 Å². The molecular weight excluding hydrogens is 384 g/mol. The van der Waals surface area contributed by atoms with Crippen molar-refractivity contribution in [1.82, 2.24) is 0 Å². The Balaban J connectivity index is -0.000000403. The maximum atomic E-state index is 11.9. The fourth-order valence-corrected chi connectivity index (χ4v) is 1.80. The van der Waals surface area contributed by atoms with Crippen molar-refractivity contribution in [3.8, 4) is 0 Å². The Kier molecular flexibility index (Phi) is 22.9. The van der Waals surface area contributed by atoms with E-state index in [0.717, 1.165) is 0 Å². The summed E-state index contributed by atoms with van der Waals surface area (Å²) in [6.07, 6.45) is -2.16. The van der Waals surface area contributed by atoms with E-state index in [0.29, 0.717) is 0 Å². The van der Waals surface area contributed by atoms with Crippen molar-refractivity contribution in [3.63, 3.8) is 0 Å². The summed E-state index contributed by atoms with van der Waals surface area (Å²) in [7, 11) is -10.3. The molecule has 0 aromatic carbocycles. The number of hydrogen-bond acceptors (Lipinski definition) is 7. The Morgan fingerprint density at radius 2 is 0.720 bits per heavy atom. The number of rotatable bonds is 16. The molecule has 144 valence electrons. The molecule has 0 aromatic heterocycles. The summed E-state index contributed by atoms with van der Waals surface area (Å²) in [5, 5.41) is 0. The van der Waals surface area contributed by atoms with Crippen molar-refractivity contribution >= 4 is 15.5 Å². The van der Waals surface area contributed by atoms with Gasteiger partial charge in [0.2, 0.25) is 0 Å². The van der Waals surface area contributed by atoms with Crippen LogP contribution in [-0.4, -0.2) is 65.6 Å². The summed E-state index contributed by atoms with van der Waals surface area (Å²) >= 11 is 0. The van der Waals surface area contributed by atoms with Crippen LogP contribution in [0.5, 0.6) is 0 Å². The van der Waals surface area contributed by atoms with E-state index in [1.165, 1.54) is 0 Å². The Hall–Kier alpha value is 1.17. The van der Waals surface area contributed by atoms with Crippen LogP contribution in [0.4, 0.5) is 16.8 Å². The minimum Gasteiger partial charge on any atom is -1.00 e. The van der Waals surface area contributed by atoms with Gasteiger partial charge in [0, 0.05) is 0 Å². The summed E-state index contributed by atoms with van der Waals surface area (Å²) < 4.78 is 91.6. The van der Waals surface area contributed by atoms with E-state index in [2.05, 4.69) is 9.47 Å². The Labute approximate surface area is 171 Å². The zero-order valence-electron chi connectivity index (χ0n) is 16.3. The zero-order chi connectivity index (χ0) is 17.6. The molecule has 0 radical (unpaired) electrons. The van der Waals surface area contributed by atoms with Gasteiger partial charge < -0.3 is 26.5 Å². The molecule has 25 heavy (non-hydrogen) atoms. The minimum absolute atomic E-state index is 0. The Bertz CT molecular complexity index is 363. The predicted molar refractivity (Wildman–Crippen MR) is 76.0 cm³/mol. The molecule has 0 rings (SSSR count). The first kappa shape index (κ1) is 30.9. The van der Waals surface area contributed by atoms with Crippen LogP contribution in [0.25, 0.3) is 0 Å². The summed E-state index contributed by atoms with van der Waals surface area (Å²) in [5.74, 6) is 0. The molecule has 0 spiro atoms. The number of ether oxygens (including phenoxy) is 5. The van der Waals surface area contributed by atoms with Gasteiger partial charge in [0.05, 0.1) is 52.9 Å². The molecule has 0 bridgehead atoms. The normalized spacial score (nSPS) is 11.7. The molecule has 0 aromatic rings. The molecule has 0 atom stereocenters. The maximum absolute atomic E-state index is 11.9. The minimum atomic E-state index is -5.13. The SMILES string of the molecule is O=P(F)(F)COCCOCCOCCOCCOCP(=O)(F)F.[H-].[H-].[Li+].[Li+]. The van der Waals surface area contributed by atoms with Crippen LogP contribution in [0.1, 0.15) is 2.85 Å². The van der Waals surface area contributed by atoms with Gasteiger partial charge in [-0.25, -0.2) is 9.13 Å². The molecule has 0 heterocycles. The van der Waals surface area contributed by atoms with Gasteiger partial charge in [-0.05, 0) is 0 Å². The van der Waals surface area contributed by atoms with Crippen LogP contribution in [-0.2, 0) is 32.8 Å². The maximum Gasteiger partial charge on any atom is 1.00 e. The number of halogens is 4. The Morgan fingerprint density at radius 1 is 0.520 bits per heavy atom. The van der Waals surface area contributed by atoms with E-state index < -0.39 is 28.2 Å². The topological polar surface area (TPSA) is 80.3 Å². The van der Waals surface area contributed by atoms with E-state index in [4.69, 9.17) is 14.2 Å². The van der Waals surface area contributed by atoms with Gasteiger partial charge in [0.15, 0.2) is 12.7 Å². The molecule has 0 saturated carbocycles. The molecule has 0 fully saturated rings. The van der Waals surface area contributed by atoms with Crippen molar-refractivity contribution in [2.75, 3.05) is 65.6 Å². The molecule has 0 amide bonds. The van der Waals surface area contributed by atoms with E-state index >= 15 is 0 Å². The molecule has 0 aliphatic rings. The average molecular weight is 406 g/mol. The van der Waals surface area contributed by atoms with Crippen molar-refractivity contribution in [3.05, 3.63) is 0 Å². The predicted octanol–water partition coefficient (Wildman–Crippen LogP) is -2.52. The van der Waals surface area contributed by atoms with Crippen molar-refractivity contribution in [1.29, 1.82) is 0 Å². The first-order valence-corrected chi connectivity index (χ1v) is 9.91. The molecule has 0 aliphatic carbocycles. The summed E-state index contributed by atoms with van der Waals surface area (Å²) in [5.41, 5.74) is 0. The third-order valence-electron chi connectivity index (χ3n) is 1.97. The van der Waals surface area contributed by atoms with Gasteiger partial charge in [-0.1, -0.05) is 0 Å². The van der Waals surface area contributed by atoms with E-state index in [1.807, 2.05) is 0 Å². The molecular formula is C10H22F4Li2O7P2. The largest absolute Gasteiger partial charge is 1.00 e. The molecule has 0 N–H and O–H groups in total. The fraction of sp³-hybridized carbons (Fsp3) is 1.00. The third kappa shape index (κ3) is 30.2. The molecule has 0 unspecified atom stereocenters. The van der Waals surface area contributed by atoms with Crippen LogP contribution in [0, 0.1) is 0 Å². The average Bonchev–Trinajstić information content (AvgIpc) is 2.40. The zero-order valence-corrected chi connectivity index (χ0v) is 16.1. The fourth-order valence-electron chi connectivity index (χ4n) is 1.12. The van der Waals surface area contributed by atoms with Gasteiger partial charge in [0.1, 0.15) is 0 Å². The van der Waals surface area contributed by atoms with Crippen LogP contribution in [0.2, 0.25) is 0 Å². The molecule has 7 nitrogen and oxygen atoms in total.